The minimum atomic E-state index is -0.407. The molecular weight excluding hydrogens is 352 g/mol. The smallest absolute Gasteiger partial charge is 0.225 e. The van der Waals surface area contributed by atoms with Crippen molar-refractivity contribution in [2.24, 2.45) is 5.41 Å². The van der Waals surface area contributed by atoms with Crippen molar-refractivity contribution < 1.29 is 14.3 Å². The van der Waals surface area contributed by atoms with Gasteiger partial charge in [0.05, 0.1) is 6.54 Å². The van der Waals surface area contributed by atoms with Gasteiger partial charge in [-0.3, -0.25) is 9.59 Å². The van der Waals surface area contributed by atoms with E-state index in [9.17, 15) is 9.59 Å². The van der Waals surface area contributed by atoms with E-state index in [0.717, 1.165) is 16.9 Å². The van der Waals surface area contributed by atoms with Crippen LogP contribution in [0.25, 0.3) is 11.1 Å². The molecule has 0 saturated heterocycles. The Balaban J connectivity index is 1.68. The van der Waals surface area contributed by atoms with Crippen LogP contribution in [0.5, 0.6) is 5.75 Å². The molecule has 0 aliphatic heterocycles. The molecule has 0 bridgehead atoms. The molecule has 2 N–H and O–H groups in total. The molecule has 150 valence electrons. The maximum absolute atomic E-state index is 11.9. The molecule has 0 atom stereocenters. The molecule has 0 saturated carbocycles. The van der Waals surface area contributed by atoms with Gasteiger partial charge in [0.2, 0.25) is 11.8 Å². The van der Waals surface area contributed by atoms with Gasteiger partial charge in [0.1, 0.15) is 12.4 Å². The number of para-hydroxylation sites is 1. The van der Waals surface area contributed by atoms with Crippen molar-refractivity contribution in [3.8, 4) is 16.9 Å². The zero-order chi connectivity index (χ0) is 20.4. The van der Waals surface area contributed by atoms with Gasteiger partial charge in [0, 0.05) is 23.9 Å². The molecule has 0 unspecified atom stereocenters. The van der Waals surface area contributed by atoms with Gasteiger partial charge in [-0.1, -0.05) is 69.3 Å². The Morgan fingerprint density at radius 2 is 1.57 bits per heavy atom. The lowest BCUT2D eigenvalue weighted by Crippen LogP contribution is -2.36. The van der Waals surface area contributed by atoms with Crippen molar-refractivity contribution in [2.75, 3.05) is 19.7 Å². The fourth-order valence-corrected chi connectivity index (χ4v) is 2.60. The molecule has 2 aromatic carbocycles. The van der Waals surface area contributed by atoms with Crippen LogP contribution >= 0.6 is 0 Å². The van der Waals surface area contributed by atoms with Gasteiger partial charge in [-0.05, 0) is 18.1 Å². The number of nitrogens with one attached hydrogen (secondary N) is 2. The van der Waals surface area contributed by atoms with E-state index >= 15 is 0 Å². The highest BCUT2D eigenvalue weighted by Crippen LogP contribution is 2.29. The number of hydrogen-bond acceptors (Lipinski definition) is 3. The van der Waals surface area contributed by atoms with Crippen molar-refractivity contribution in [1.82, 2.24) is 10.6 Å². The largest absolute Gasteiger partial charge is 0.491 e. The summed E-state index contributed by atoms with van der Waals surface area (Å²) in [6.45, 7) is 6.94. The first-order valence-electron chi connectivity index (χ1n) is 9.70. The number of ether oxygens (including phenoxy) is 1. The van der Waals surface area contributed by atoms with Gasteiger partial charge >= 0.3 is 0 Å². The third-order valence-corrected chi connectivity index (χ3v) is 4.20. The van der Waals surface area contributed by atoms with Crippen LogP contribution in [0.15, 0.2) is 54.6 Å². The highest BCUT2D eigenvalue weighted by Gasteiger charge is 2.20. The van der Waals surface area contributed by atoms with Crippen LogP contribution in [-0.4, -0.2) is 31.5 Å². The first-order chi connectivity index (χ1) is 13.4. The molecular formula is C23H30N2O3. The predicted molar refractivity (Wildman–Crippen MR) is 112 cm³/mol. The molecule has 2 rings (SSSR count). The van der Waals surface area contributed by atoms with E-state index in [-0.39, 0.29) is 11.8 Å². The van der Waals surface area contributed by atoms with Gasteiger partial charge in [-0.2, -0.15) is 0 Å². The lowest BCUT2D eigenvalue weighted by Gasteiger charge is -2.17. The summed E-state index contributed by atoms with van der Waals surface area (Å²) in [7, 11) is 0. The minimum Gasteiger partial charge on any atom is -0.491 e. The average Bonchev–Trinajstić information content (AvgIpc) is 2.68. The molecule has 0 aromatic heterocycles. The maximum Gasteiger partial charge on any atom is 0.225 e. The van der Waals surface area contributed by atoms with E-state index in [0.29, 0.717) is 32.5 Å². The van der Waals surface area contributed by atoms with Gasteiger partial charge in [0.15, 0.2) is 0 Å². The van der Waals surface area contributed by atoms with Crippen LogP contribution in [0, 0.1) is 5.41 Å². The maximum atomic E-state index is 11.9. The highest BCUT2D eigenvalue weighted by molar-refractivity contribution is 5.81. The van der Waals surface area contributed by atoms with Crippen LogP contribution < -0.4 is 15.4 Å². The monoisotopic (exact) mass is 382 g/mol. The Morgan fingerprint density at radius 1 is 0.893 bits per heavy atom. The van der Waals surface area contributed by atoms with Crippen LogP contribution in [0.2, 0.25) is 0 Å². The third-order valence-electron chi connectivity index (χ3n) is 4.20. The van der Waals surface area contributed by atoms with E-state index in [1.807, 2.05) is 75.4 Å². The fourth-order valence-electron chi connectivity index (χ4n) is 2.60. The van der Waals surface area contributed by atoms with Crippen molar-refractivity contribution in [3.63, 3.8) is 0 Å². The molecule has 2 amide bonds. The lowest BCUT2D eigenvalue weighted by atomic mass is 9.96. The molecule has 2 aromatic rings. The Labute approximate surface area is 167 Å². The van der Waals surface area contributed by atoms with Crippen molar-refractivity contribution in [2.45, 2.75) is 33.6 Å². The van der Waals surface area contributed by atoms with E-state index < -0.39 is 5.41 Å². The summed E-state index contributed by atoms with van der Waals surface area (Å²) in [6.07, 6.45) is 0.996. The third kappa shape index (κ3) is 7.06. The van der Waals surface area contributed by atoms with Crippen LogP contribution in [-0.2, 0) is 9.59 Å². The summed E-state index contributed by atoms with van der Waals surface area (Å²) in [5, 5.41) is 5.70. The molecule has 0 spiro atoms. The molecule has 5 heteroatoms. The van der Waals surface area contributed by atoms with Gasteiger partial charge in [0.25, 0.3) is 0 Å². The molecule has 0 radical (unpaired) electrons. The second-order valence-corrected chi connectivity index (χ2v) is 7.67. The Morgan fingerprint density at radius 3 is 2.29 bits per heavy atom. The number of carbonyl (C=O) groups excluding carboxylic acids is 2. The zero-order valence-corrected chi connectivity index (χ0v) is 17.0. The van der Waals surface area contributed by atoms with Crippen LogP contribution in [0.4, 0.5) is 0 Å². The Kier molecular flexibility index (Phi) is 8.05. The van der Waals surface area contributed by atoms with E-state index in [4.69, 9.17) is 4.74 Å². The predicted octanol–water partition coefficient (Wildman–Crippen LogP) is 3.79. The summed E-state index contributed by atoms with van der Waals surface area (Å²) in [5.41, 5.74) is 1.72. The van der Waals surface area contributed by atoms with Crippen molar-refractivity contribution in [1.29, 1.82) is 0 Å². The molecule has 0 aliphatic carbocycles. The standard InChI is InChI=1S/C23H30N2O3/c1-23(2,3)22(27)25-15-9-14-21(26)24-16-17-28-20-13-8-7-12-19(20)18-10-5-4-6-11-18/h4-8,10-13H,9,14-17H2,1-3H3,(H,24,26)(H,25,27). The summed E-state index contributed by atoms with van der Waals surface area (Å²) in [5.74, 6) is 0.760. The zero-order valence-electron chi connectivity index (χ0n) is 17.0. The van der Waals surface area contributed by atoms with Crippen LogP contribution in [0.3, 0.4) is 0 Å². The topological polar surface area (TPSA) is 67.4 Å². The first-order valence-corrected chi connectivity index (χ1v) is 9.70. The molecule has 28 heavy (non-hydrogen) atoms. The number of amides is 2. The van der Waals surface area contributed by atoms with Gasteiger partial charge < -0.3 is 15.4 Å². The summed E-state index contributed by atoms with van der Waals surface area (Å²) >= 11 is 0. The summed E-state index contributed by atoms with van der Waals surface area (Å²) in [6, 6.07) is 17.9. The molecule has 0 heterocycles. The second-order valence-electron chi connectivity index (χ2n) is 7.67. The van der Waals surface area contributed by atoms with E-state index in [1.54, 1.807) is 0 Å². The van der Waals surface area contributed by atoms with Crippen LogP contribution in [0.1, 0.15) is 33.6 Å². The van der Waals surface area contributed by atoms with Gasteiger partial charge in [-0.25, -0.2) is 0 Å². The first kappa shape index (κ1) is 21.5. The average molecular weight is 383 g/mol. The lowest BCUT2D eigenvalue weighted by molar-refractivity contribution is -0.128. The number of carbonyl (C=O) groups is 2. The minimum absolute atomic E-state index is 0.00149. The quantitative estimate of drug-likeness (QED) is 0.649. The molecule has 0 aliphatic rings. The van der Waals surface area contributed by atoms with E-state index in [1.165, 1.54) is 0 Å². The van der Waals surface area contributed by atoms with Crippen molar-refractivity contribution >= 4 is 11.8 Å². The number of benzene rings is 2. The van der Waals surface area contributed by atoms with Gasteiger partial charge in [-0.15, -0.1) is 0 Å². The molecule has 0 fully saturated rings. The number of hydrogen-bond donors (Lipinski definition) is 2. The SMILES string of the molecule is CC(C)(C)C(=O)NCCCC(=O)NCCOc1ccccc1-c1ccccc1. The normalized spacial score (nSPS) is 11.0. The summed E-state index contributed by atoms with van der Waals surface area (Å²) < 4.78 is 5.86. The van der Waals surface area contributed by atoms with E-state index in [2.05, 4.69) is 10.6 Å². The highest BCUT2D eigenvalue weighted by atomic mass is 16.5. The fraction of sp³-hybridized carbons (Fsp3) is 0.391. The summed E-state index contributed by atoms with van der Waals surface area (Å²) in [4.78, 5) is 23.7. The Hall–Kier alpha value is -2.82. The second kappa shape index (κ2) is 10.5. The van der Waals surface area contributed by atoms with Crippen molar-refractivity contribution in [3.05, 3.63) is 54.6 Å². The number of rotatable bonds is 9. The Bertz CT molecular complexity index is 767. The molecule has 5 nitrogen and oxygen atoms in total.